The molecule has 0 radical (unpaired) electrons. The normalized spacial score (nSPS) is 12.2. The van der Waals surface area contributed by atoms with Crippen LogP contribution in [-0.2, 0) is 10.2 Å². The molecule has 0 aliphatic carbocycles. The molecule has 0 aromatic heterocycles. The third-order valence-corrected chi connectivity index (χ3v) is 2.54. The Hall–Kier alpha value is -1.84. The van der Waals surface area contributed by atoms with Crippen molar-refractivity contribution in [1.82, 2.24) is 0 Å². The molecule has 0 amide bonds. The fourth-order valence-corrected chi connectivity index (χ4v) is 1.62. The highest BCUT2D eigenvalue weighted by atomic mass is 32.3. The minimum atomic E-state index is -5.47. The molecule has 1 rings (SSSR count). The summed E-state index contributed by atoms with van der Waals surface area (Å²) >= 11 is 0. The highest BCUT2D eigenvalue weighted by molar-refractivity contribution is 7.86. The Labute approximate surface area is 97.8 Å². The molecule has 1 aromatic carbocycles. The van der Waals surface area contributed by atoms with Gasteiger partial charge in [0, 0.05) is 0 Å². The number of rotatable bonds is 3. The van der Waals surface area contributed by atoms with Gasteiger partial charge in [-0.3, -0.25) is 0 Å². The molecule has 0 atom stereocenters. The van der Waals surface area contributed by atoms with E-state index < -0.39 is 38.8 Å². The molecule has 0 aliphatic heterocycles. The van der Waals surface area contributed by atoms with E-state index in [0.717, 1.165) is 0 Å². The lowest BCUT2D eigenvalue weighted by atomic mass is 10.2. The van der Waals surface area contributed by atoms with Crippen molar-refractivity contribution in [2.75, 3.05) is 0 Å². The van der Waals surface area contributed by atoms with Crippen LogP contribution in [0.2, 0.25) is 0 Å². The Morgan fingerprint density at radius 3 is 2.22 bits per heavy atom. The largest absolute Gasteiger partial charge is 0.573 e. The molecule has 18 heavy (non-hydrogen) atoms. The number of hydrogen-bond acceptors (Lipinski definition) is 4. The highest BCUT2D eigenvalue weighted by Gasteiger charge is 2.34. The van der Waals surface area contributed by atoms with E-state index in [-0.39, 0.29) is 6.07 Å². The third kappa shape index (κ3) is 3.58. The van der Waals surface area contributed by atoms with Crippen molar-refractivity contribution in [1.29, 1.82) is 0 Å². The van der Waals surface area contributed by atoms with Gasteiger partial charge in [0.2, 0.25) is 0 Å². The van der Waals surface area contributed by atoms with Crippen LogP contribution in [0.5, 0.6) is 5.75 Å². The van der Waals surface area contributed by atoms with Crippen LogP contribution in [0.25, 0.3) is 0 Å². The van der Waals surface area contributed by atoms with Crippen LogP contribution in [0.1, 0.15) is 10.4 Å². The Bertz CT molecular complexity index is 578. The van der Waals surface area contributed by atoms with E-state index in [0.29, 0.717) is 12.1 Å². The summed E-state index contributed by atoms with van der Waals surface area (Å²) in [5.74, 6) is -3.06. The minimum absolute atomic E-state index is 0.266. The second-order valence-electron chi connectivity index (χ2n) is 2.95. The molecule has 0 aliphatic rings. The SMILES string of the molecule is O=C(O)c1ccc(S(=O)(=O)F)c(OC(F)(F)F)c1. The van der Waals surface area contributed by atoms with E-state index in [1.807, 2.05) is 0 Å². The molecule has 0 spiro atoms. The Balaban J connectivity index is 3.41. The summed E-state index contributed by atoms with van der Waals surface area (Å²) in [6.45, 7) is 0. The number of carboxylic acid groups (broad SMARTS) is 1. The standard InChI is InChI=1S/C8H4F4O5S/c9-8(10,11)17-5-3-4(7(13)14)1-2-6(5)18(12,15)16/h1-3H,(H,13,14). The highest BCUT2D eigenvalue weighted by Crippen LogP contribution is 2.31. The summed E-state index contributed by atoms with van der Waals surface area (Å²) < 4.78 is 72.9. The van der Waals surface area contributed by atoms with Crippen LogP contribution in [-0.4, -0.2) is 25.9 Å². The summed E-state index contributed by atoms with van der Waals surface area (Å²) in [4.78, 5) is 9.10. The maximum absolute atomic E-state index is 12.7. The van der Waals surface area contributed by atoms with Crippen LogP contribution in [0.3, 0.4) is 0 Å². The fraction of sp³-hybridized carbons (Fsp3) is 0.125. The zero-order valence-electron chi connectivity index (χ0n) is 8.23. The molecule has 0 saturated heterocycles. The van der Waals surface area contributed by atoms with Crippen molar-refractivity contribution in [3.63, 3.8) is 0 Å². The minimum Gasteiger partial charge on any atom is -0.478 e. The van der Waals surface area contributed by atoms with Crippen molar-refractivity contribution in [3.05, 3.63) is 23.8 Å². The second kappa shape index (κ2) is 4.44. The topological polar surface area (TPSA) is 80.7 Å². The molecular formula is C8H4F4O5S. The zero-order valence-corrected chi connectivity index (χ0v) is 9.05. The van der Waals surface area contributed by atoms with Gasteiger partial charge in [-0.15, -0.1) is 17.1 Å². The predicted octanol–water partition coefficient (Wildman–Crippen LogP) is 1.94. The summed E-state index contributed by atoms with van der Waals surface area (Å²) in [6.07, 6.45) is -5.28. The first-order chi connectivity index (χ1) is 8.00. The van der Waals surface area contributed by atoms with Gasteiger partial charge < -0.3 is 9.84 Å². The number of aromatic carboxylic acids is 1. The van der Waals surface area contributed by atoms with Gasteiger partial charge in [-0.05, 0) is 18.2 Å². The molecule has 1 aromatic rings. The van der Waals surface area contributed by atoms with Gasteiger partial charge in [0.1, 0.15) is 4.90 Å². The van der Waals surface area contributed by atoms with Crippen LogP contribution < -0.4 is 4.74 Å². The van der Waals surface area contributed by atoms with Gasteiger partial charge in [0.15, 0.2) is 5.75 Å². The monoisotopic (exact) mass is 288 g/mol. The Morgan fingerprint density at radius 1 is 1.28 bits per heavy atom. The van der Waals surface area contributed by atoms with Crippen LogP contribution in [0.15, 0.2) is 23.1 Å². The van der Waals surface area contributed by atoms with E-state index in [1.165, 1.54) is 0 Å². The van der Waals surface area contributed by atoms with E-state index in [2.05, 4.69) is 4.74 Å². The lowest BCUT2D eigenvalue weighted by Crippen LogP contribution is -2.19. The summed E-state index contributed by atoms with van der Waals surface area (Å²) in [5.41, 5.74) is -0.679. The molecule has 0 bridgehead atoms. The van der Waals surface area contributed by atoms with E-state index in [9.17, 15) is 30.3 Å². The van der Waals surface area contributed by atoms with Gasteiger partial charge in [-0.2, -0.15) is 8.42 Å². The number of alkyl halides is 3. The van der Waals surface area contributed by atoms with E-state index >= 15 is 0 Å². The summed E-state index contributed by atoms with van der Waals surface area (Å²) in [5, 5.41) is 8.52. The van der Waals surface area contributed by atoms with Crippen molar-refractivity contribution in [3.8, 4) is 5.75 Å². The fourth-order valence-electron chi connectivity index (χ4n) is 1.05. The molecule has 0 saturated carbocycles. The summed E-state index contributed by atoms with van der Waals surface area (Å²) in [6, 6.07) is 1.28. The third-order valence-electron chi connectivity index (χ3n) is 1.68. The van der Waals surface area contributed by atoms with Gasteiger partial charge >= 0.3 is 22.6 Å². The smallest absolute Gasteiger partial charge is 0.478 e. The number of benzene rings is 1. The zero-order chi connectivity index (χ0) is 14.1. The van der Waals surface area contributed by atoms with Gasteiger partial charge in [0.25, 0.3) is 0 Å². The number of hydrogen-bond donors (Lipinski definition) is 1. The molecular weight excluding hydrogens is 284 g/mol. The lowest BCUT2D eigenvalue weighted by molar-refractivity contribution is -0.275. The predicted molar refractivity (Wildman–Crippen MR) is 48.4 cm³/mol. The molecule has 0 unspecified atom stereocenters. The average molecular weight is 288 g/mol. The molecule has 100 valence electrons. The first kappa shape index (κ1) is 14.2. The molecule has 10 heteroatoms. The van der Waals surface area contributed by atoms with Crippen molar-refractivity contribution in [2.24, 2.45) is 0 Å². The van der Waals surface area contributed by atoms with Crippen LogP contribution in [0, 0.1) is 0 Å². The summed E-state index contributed by atoms with van der Waals surface area (Å²) in [7, 11) is -5.47. The van der Waals surface area contributed by atoms with Crippen LogP contribution >= 0.6 is 0 Å². The van der Waals surface area contributed by atoms with E-state index in [1.54, 1.807) is 0 Å². The first-order valence-electron chi connectivity index (χ1n) is 4.08. The van der Waals surface area contributed by atoms with Crippen molar-refractivity contribution >= 4 is 16.2 Å². The van der Waals surface area contributed by atoms with Crippen molar-refractivity contribution in [2.45, 2.75) is 11.3 Å². The lowest BCUT2D eigenvalue weighted by Gasteiger charge is -2.11. The van der Waals surface area contributed by atoms with Crippen molar-refractivity contribution < 1.29 is 40.1 Å². The maximum atomic E-state index is 12.7. The molecule has 1 N–H and O–H groups in total. The van der Waals surface area contributed by atoms with E-state index in [4.69, 9.17) is 5.11 Å². The van der Waals surface area contributed by atoms with Crippen LogP contribution in [0.4, 0.5) is 17.1 Å². The maximum Gasteiger partial charge on any atom is 0.573 e. The number of ether oxygens (including phenoxy) is 1. The number of carboxylic acids is 1. The quantitative estimate of drug-likeness (QED) is 0.679. The molecule has 5 nitrogen and oxygen atoms in total. The number of carbonyl (C=O) groups is 1. The van der Waals surface area contributed by atoms with Gasteiger partial charge in [-0.1, -0.05) is 0 Å². The Morgan fingerprint density at radius 2 is 1.83 bits per heavy atom. The average Bonchev–Trinajstić information content (AvgIpc) is 2.12. The van der Waals surface area contributed by atoms with Gasteiger partial charge in [0.05, 0.1) is 5.56 Å². The Kier molecular flexibility index (Phi) is 3.51. The number of halogens is 4. The second-order valence-corrected chi connectivity index (χ2v) is 4.27. The molecule has 0 heterocycles. The first-order valence-corrected chi connectivity index (χ1v) is 5.47. The van der Waals surface area contributed by atoms with Gasteiger partial charge in [-0.25, -0.2) is 4.79 Å². The molecule has 0 fully saturated rings.